The summed E-state index contributed by atoms with van der Waals surface area (Å²) in [5.74, 6) is -2.21. The number of furan rings is 1. The van der Waals surface area contributed by atoms with Crippen molar-refractivity contribution in [1.29, 1.82) is 0 Å². The van der Waals surface area contributed by atoms with Gasteiger partial charge in [-0.05, 0) is 44.5 Å². The van der Waals surface area contributed by atoms with Gasteiger partial charge in [0.1, 0.15) is 22.7 Å². The summed E-state index contributed by atoms with van der Waals surface area (Å²) in [5, 5.41) is 9.96. The minimum absolute atomic E-state index is 0.0331. The number of rotatable bonds is 5. The molecule has 0 saturated heterocycles. The molecular formula is C20H18O8. The molecule has 2 aromatic heterocycles. The molecule has 0 fully saturated rings. The third kappa shape index (κ3) is 3.36. The van der Waals surface area contributed by atoms with Crippen molar-refractivity contribution >= 4 is 22.9 Å². The lowest BCUT2D eigenvalue weighted by atomic mass is 10.0. The first-order valence-electron chi connectivity index (χ1n) is 8.62. The third-order valence-electron chi connectivity index (χ3n) is 3.97. The number of carbonyl (C=O) groups is 2. The second-order valence-electron chi connectivity index (χ2n) is 5.88. The van der Waals surface area contributed by atoms with Crippen LogP contribution in [0.4, 0.5) is 0 Å². The van der Waals surface area contributed by atoms with E-state index in [1.54, 1.807) is 20.8 Å². The molecule has 0 aliphatic rings. The fraction of sp³-hybridized carbons (Fsp3) is 0.250. The Labute approximate surface area is 159 Å². The highest BCUT2D eigenvalue weighted by Crippen LogP contribution is 2.30. The maximum atomic E-state index is 13.2. The van der Waals surface area contributed by atoms with E-state index < -0.39 is 17.4 Å². The van der Waals surface area contributed by atoms with Crippen molar-refractivity contribution in [2.75, 3.05) is 13.2 Å². The molecule has 0 spiro atoms. The number of ether oxygens (including phenoxy) is 2. The number of benzene rings is 1. The van der Waals surface area contributed by atoms with Crippen molar-refractivity contribution in [2.24, 2.45) is 0 Å². The lowest BCUT2D eigenvalue weighted by Gasteiger charge is -2.09. The van der Waals surface area contributed by atoms with Gasteiger partial charge in [0.05, 0.1) is 18.6 Å². The number of phenolic OH excluding ortho intramolecular Hbond substituents is 1. The number of carbonyl (C=O) groups excluding carboxylic acids is 2. The highest BCUT2D eigenvalue weighted by atomic mass is 16.5. The minimum atomic E-state index is -0.869. The van der Waals surface area contributed by atoms with Crippen molar-refractivity contribution in [3.05, 3.63) is 51.6 Å². The average Bonchev–Trinajstić information content (AvgIpc) is 3.10. The topological polar surface area (TPSA) is 116 Å². The van der Waals surface area contributed by atoms with Gasteiger partial charge < -0.3 is 23.4 Å². The predicted octanol–water partition coefficient (Wildman–Crippen LogP) is 3.42. The Hall–Kier alpha value is -3.55. The van der Waals surface area contributed by atoms with Crippen LogP contribution in [-0.4, -0.2) is 30.3 Å². The Morgan fingerprint density at radius 2 is 1.71 bits per heavy atom. The second kappa shape index (κ2) is 7.59. The minimum Gasteiger partial charge on any atom is -0.508 e. The summed E-state index contributed by atoms with van der Waals surface area (Å²) < 4.78 is 20.9. The molecule has 0 amide bonds. The Bertz CT molecular complexity index is 1120. The van der Waals surface area contributed by atoms with Crippen molar-refractivity contribution in [3.63, 3.8) is 0 Å². The van der Waals surface area contributed by atoms with Crippen molar-refractivity contribution in [1.82, 2.24) is 0 Å². The van der Waals surface area contributed by atoms with Crippen molar-refractivity contribution in [3.8, 4) is 17.1 Å². The number of aryl methyl sites for hydroxylation is 1. The standard InChI is InChI=1S/C20H18O8/c1-4-25-19(23)13-7-6-12(27-13)16-17(22)15-10(3)8-11(21)9-14(15)28-18(16)20(24)26-5-2/h6-9,21H,4-5H2,1-3H3. The van der Waals surface area contributed by atoms with Gasteiger partial charge in [0.15, 0.2) is 0 Å². The summed E-state index contributed by atoms with van der Waals surface area (Å²) in [4.78, 5) is 37.4. The van der Waals surface area contributed by atoms with Gasteiger partial charge in [0, 0.05) is 6.07 Å². The van der Waals surface area contributed by atoms with Crippen molar-refractivity contribution < 1.29 is 33.0 Å². The number of phenols is 1. The fourth-order valence-corrected chi connectivity index (χ4v) is 2.85. The van der Waals surface area contributed by atoms with E-state index in [0.29, 0.717) is 5.56 Å². The van der Waals surface area contributed by atoms with Crippen LogP contribution in [0.25, 0.3) is 22.3 Å². The van der Waals surface area contributed by atoms with Gasteiger partial charge in [-0.2, -0.15) is 0 Å². The van der Waals surface area contributed by atoms with Crippen LogP contribution in [0.15, 0.2) is 37.9 Å². The van der Waals surface area contributed by atoms with E-state index in [1.807, 2.05) is 0 Å². The van der Waals surface area contributed by atoms with E-state index in [-0.39, 0.29) is 52.8 Å². The quantitative estimate of drug-likeness (QED) is 0.663. The zero-order valence-corrected chi connectivity index (χ0v) is 15.5. The molecule has 2 heterocycles. The molecule has 0 aliphatic heterocycles. The molecule has 0 aliphatic carbocycles. The van der Waals surface area contributed by atoms with Crippen LogP contribution in [0.1, 0.15) is 40.5 Å². The Balaban J connectivity index is 2.29. The Morgan fingerprint density at radius 3 is 2.39 bits per heavy atom. The van der Waals surface area contributed by atoms with E-state index >= 15 is 0 Å². The fourth-order valence-electron chi connectivity index (χ4n) is 2.85. The molecule has 8 nitrogen and oxygen atoms in total. The highest BCUT2D eigenvalue weighted by molar-refractivity contribution is 5.98. The number of hydrogen-bond acceptors (Lipinski definition) is 8. The molecule has 1 aromatic carbocycles. The molecule has 0 radical (unpaired) electrons. The van der Waals surface area contributed by atoms with E-state index in [9.17, 15) is 19.5 Å². The predicted molar refractivity (Wildman–Crippen MR) is 98.5 cm³/mol. The molecular weight excluding hydrogens is 368 g/mol. The molecule has 0 saturated carbocycles. The van der Waals surface area contributed by atoms with Crippen LogP contribution in [0.3, 0.4) is 0 Å². The molecule has 0 unspecified atom stereocenters. The van der Waals surface area contributed by atoms with E-state index in [1.165, 1.54) is 24.3 Å². The van der Waals surface area contributed by atoms with Crippen LogP contribution in [0.2, 0.25) is 0 Å². The summed E-state index contributed by atoms with van der Waals surface area (Å²) in [5.41, 5.74) is -0.231. The van der Waals surface area contributed by atoms with Gasteiger partial charge in [0.2, 0.25) is 16.9 Å². The zero-order chi connectivity index (χ0) is 20.4. The van der Waals surface area contributed by atoms with Crippen LogP contribution < -0.4 is 5.43 Å². The van der Waals surface area contributed by atoms with Gasteiger partial charge in [0.25, 0.3) is 0 Å². The molecule has 1 N–H and O–H groups in total. The Morgan fingerprint density at radius 1 is 1.04 bits per heavy atom. The van der Waals surface area contributed by atoms with Crippen LogP contribution >= 0.6 is 0 Å². The molecule has 8 heteroatoms. The van der Waals surface area contributed by atoms with E-state index in [0.717, 1.165) is 0 Å². The van der Waals surface area contributed by atoms with E-state index in [2.05, 4.69) is 0 Å². The number of hydrogen-bond donors (Lipinski definition) is 1. The molecule has 0 atom stereocenters. The van der Waals surface area contributed by atoms with Crippen molar-refractivity contribution in [2.45, 2.75) is 20.8 Å². The molecule has 0 bridgehead atoms. The van der Waals surface area contributed by atoms with Crippen LogP contribution in [0, 0.1) is 6.92 Å². The SMILES string of the molecule is CCOC(=O)c1ccc(-c2c(C(=O)OCC)oc3cc(O)cc(C)c3c2=O)o1. The van der Waals surface area contributed by atoms with Gasteiger partial charge in [-0.25, -0.2) is 9.59 Å². The van der Waals surface area contributed by atoms with E-state index in [4.69, 9.17) is 18.3 Å². The Kier molecular flexibility index (Phi) is 5.21. The molecule has 3 rings (SSSR count). The van der Waals surface area contributed by atoms with Crippen LogP contribution in [0.5, 0.6) is 5.75 Å². The maximum absolute atomic E-state index is 13.2. The summed E-state index contributed by atoms with van der Waals surface area (Å²) in [6.45, 7) is 5.10. The maximum Gasteiger partial charge on any atom is 0.375 e. The van der Waals surface area contributed by atoms with Gasteiger partial charge in [-0.1, -0.05) is 0 Å². The monoisotopic (exact) mass is 386 g/mol. The summed E-state index contributed by atoms with van der Waals surface area (Å²) in [6.07, 6.45) is 0. The lowest BCUT2D eigenvalue weighted by Crippen LogP contribution is -2.15. The van der Waals surface area contributed by atoms with Gasteiger partial charge >= 0.3 is 11.9 Å². The summed E-state index contributed by atoms with van der Waals surface area (Å²) in [6, 6.07) is 5.36. The van der Waals surface area contributed by atoms with Gasteiger partial charge in [-0.15, -0.1) is 0 Å². The summed E-state index contributed by atoms with van der Waals surface area (Å²) in [7, 11) is 0. The molecule has 3 aromatic rings. The number of aromatic hydroxyl groups is 1. The van der Waals surface area contributed by atoms with Crippen LogP contribution in [-0.2, 0) is 9.47 Å². The largest absolute Gasteiger partial charge is 0.508 e. The second-order valence-corrected chi connectivity index (χ2v) is 5.88. The smallest absolute Gasteiger partial charge is 0.375 e. The first-order chi connectivity index (χ1) is 13.4. The molecule has 28 heavy (non-hydrogen) atoms. The lowest BCUT2D eigenvalue weighted by molar-refractivity contribution is 0.0486. The zero-order valence-electron chi connectivity index (χ0n) is 15.5. The summed E-state index contributed by atoms with van der Waals surface area (Å²) >= 11 is 0. The number of fused-ring (bicyclic) bond motifs is 1. The first-order valence-corrected chi connectivity index (χ1v) is 8.62. The third-order valence-corrected chi connectivity index (χ3v) is 3.97. The molecule has 146 valence electrons. The first kappa shape index (κ1) is 19.2. The normalized spacial score (nSPS) is 10.8. The van der Waals surface area contributed by atoms with Gasteiger partial charge in [-0.3, -0.25) is 4.79 Å². The average molecular weight is 386 g/mol. The number of esters is 2. The highest BCUT2D eigenvalue weighted by Gasteiger charge is 2.27.